The van der Waals surface area contributed by atoms with Crippen LogP contribution in [0.15, 0.2) is 0 Å². The second-order valence-corrected chi connectivity index (χ2v) is 4.92. The van der Waals surface area contributed by atoms with E-state index in [2.05, 4.69) is 20.8 Å². The molecule has 0 aromatic rings. The highest BCUT2D eigenvalue weighted by Gasteiger charge is 2.45. The molecule has 0 spiro atoms. The highest BCUT2D eigenvalue weighted by atomic mass is 16.6. The number of carbonyl (C=O) groups is 1. The maximum absolute atomic E-state index is 11.0. The minimum absolute atomic E-state index is 0.122. The van der Waals surface area contributed by atoms with E-state index in [9.17, 15) is 4.79 Å². The van der Waals surface area contributed by atoms with E-state index in [1.54, 1.807) is 0 Å². The fourth-order valence-electron chi connectivity index (χ4n) is 2.14. The van der Waals surface area contributed by atoms with Crippen LogP contribution in [0.5, 0.6) is 0 Å². The third kappa shape index (κ3) is 2.04. The first-order chi connectivity index (χ1) is 5.87. The van der Waals surface area contributed by atoms with Crippen LogP contribution in [0.25, 0.3) is 0 Å². The summed E-state index contributed by atoms with van der Waals surface area (Å²) in [5, 5.41) is 0. The fraction of sp³-hybridized carbons (Fsp3) is 0.909. The molecule has 1 atom stereocenters. The molecule has 0 heterocycles. The maximum atomic E-state index is 11.0. The van der Waals surface area contributed by atoms with Gasteiger partial charge < -0.3 is 4.74 Å². The van der Waals surface area contributed by atoms with Gasteiger partial charge in [-0.1, -0.05) is 20.3 Å². The van der Waals surface area contributed by atoms with Crippen LogP contribution >= 0.6 is 0 Å². The SMILES string of the molecule is CC(=O)OC1(C)CCCCC1(C)C. The monoisotopic (exact) mass is 184 g/mol. The topological polar surface area (TPSA) is 26.3 Å². The van der Waals surface area contributed by atoms with Gasteiger partial charge in [0.15, 0.2) is 0 Å². The summed E-state index contributed by atoms with van der Waals surface area (Å²) in [7, 11) is 0. The van der Waals surface area contributed by atoms with E-state index in [4.69, 9.17) is 4.74 Å². The van der Waals surface area contributed by atoms with Gasteiger partial charge in [0.2, 0.25) is 0 Å². The van der Waals surface area contributed by atoms with E-state index >= 15 is 0 Å². The quantitative estimate of drug-likeness (QED) is 0.586. The maximum Gasteiger partial charge on any atom is 0.303 e. The van der Waals surface area contributed by atoms with Gasteiger partial charge in [0.1, 0.15) is 5.60 Å². The van der Waals surface area contributed by atoms with Crippen molar-refractivity contribution in [2.24, 2.45) is 5.41 Å². The highest BCUT2D eigenvalue weighted by Crippen LogP contribution is 2.45. The minimum atomic E-state index is -0.253. The minimum Gasteiger partial charge on any atom is -0.459 e. The predicted molar refractivity (Wildman–Crippen MR) is 52.4 cm³/mol. The van der Waals surface area contributed by atoms with Crippen LogP contribution in [0.2, 0.25) is 0 Å². The molecule has 0 radical (unpaired) electrons. The molecule has 76 valence electrons. The molecule has 0 aliphatic heterocycles. The number of rotatable bonds is 1. The Morgan fingerprint density at radius 2 is 1.69 bits per heavy atom. The van der Waals surface area contributed by atoms with Crippen molar-refractivity contribution < 1.29 is 9.53 Å². The lowest BCUT2D eigenvalue weighted by atomic mass is 9.66. The Morgan fingerprint density at radius 3 is 2.15 bits per heavy atom. The molecule has 0 aromatic heterocycles. The molecule has 1 aliphatic carbocycles. The molecular weight excluding hydrogens is 164 g/mol. The molecule has 0 N–H and O–H groups in total. The lowest BCUT2D eigenvalue weighted by Gasteiger charge is -2.46. The van der Waals surface area contributed by atoms with Gasteiger partial charge in [0.25, 0.3) is 0 Å². The third-order valence-corrected chi connectivity index (χ3v) is 3.51. The van der Waals surface area contributed by atoms with E-state index in [0.29, 0.717) is 0 Å². The number of hydrogen-bond donors (Lipinski definition) is 0. The van der Waals surface area contributed by atoms with Gasteiger partial charge in [-0.25, -0.2) is 0 Å². The van der Waals surface area contributed by atoms with Crippen molar-refractivity contribution in [3.05, 3.63) is 0 Å². The first-order valence-electron chi connectivity index (χ1n) is 5.07. The summed E-state index contributed by atoms with van der Waals surface area (Å²) in [4.78, 5) is 11.0. The zero-order chi connectivity index (χ0) is 10.1. The predicted octanol–water partition coefficient (Wildman–Crippen LogP) is 2.91. The molecule has 13 heavy (non-hydrogen) atoms. The number of ether oxygens (including phenoxy) is 1. The van der Waals surface area contributed by atoms with Crippen LogP contribution in [-0.4, -0.2) is 11.6 Å². The van der Waals surface area contributed by atoms with Crippen molar-refractivity contribution in [1.29, 1.82) is 0 Å². The number of hydrogen-bond acceptors (Lipinski definition) is 2. The molecule has 1 fully saturated rings. The van der Waals surface area contributed by atoms with Crippen molar-refractivity contribution >= 4 is 5.97 Å². The first kappa shape index (κ1) is 10.6. The molecule has 0 bridgehead atoms. The Labute approximate surface area is 80.7 Å². The summed E-state index contributed by atoms with van der Waals surface area (Å²) in [5.41, 5.74) is -0.131. The summed E-state index contributed by atoms with van der Waals surface area (Å²) >= 11 is 0. The van der Waals surface area contributed by atoms with Gasteiger partial charge in [0.05, 0.1) is 0 Å². The van der Waals surface area contributed by atoms with E-state index < -0.39 is 0 Å². The molecule has 0 saturated heterocycles. The van der Waals surface area contributed by atoms with Gasteiger partial charge in [-0.15, -0.1) is 0 Å². The van der Waals surface area contributed by atoms with Crippen LogP contribution in [0, 0.1) is 5.41 Å². The van der Waals surface area contributed by atoms with Crippen molar-refractivity contribution in [3.63, 3.8) is 0 Å². The van der Waals surface area contributed by atoms with Crippen LogP contribution in [-0.2, 0) is 9.53 Å². The lowest BCUT2D eigenvalue weighted by Crippen LogP contribution is -2.47. The Balaban J connectivity index is 2.77. The van der Waals surface area contributed by atoms with Crippen molar-refractivity contribution in [2.45, 2.75) is 59.0 Å². The molecule has 0 aromatic carbocycles. The van der Waals surface area contributed by atoms with Gasteiger partial charge in [-0.05, 0) is 26.2 Å². The zero-order valence-corrected chi connectivity index (χ0v) is 9.14. The van der Waals surface area contributed by atoms with E-state index in [1.165, 1.54) is 19.8 Å². The molecule has 1 aliphatic rings. The average Bonchev–Trinajstić information content (AvgIpc) is 1.94. The molecule has 1 rings (SSSR count). The zero-order valence-electron chi connectivity index (χ0n) is 9.14. The second-order valence-electron chi connectivity index (χ2n) is 4.92. The van der Waals surface area contributed by atoms with Gasteiger partial charge in [-0.3, -0.25) is 4.79 Å². The lowest BCUT2D eigenvalue weighted by molar-refractivity contribution is -0.175. The summed E-state index contributed by atoms with van der Waals surface area (Å²) < 4.78 is 5.46. The van der Waals surface area contributed by atoms with Crippen molar-refractivity contribution in [1.82, 2.24) is 0 Å². The van der Waals surface area contributed by atoms with Crippen LogP contribution in [0.4, 0.5) is 0 Å². The van der Waals surface area contributed by atoms with E-state index in [-0.39, 0.29) is 17.0 Å². The summed E-state index contributed by atoms with van der Waals surface area (Å²) in [6.45, 7) is 7.94. The first-order valence-corrected chi connectivity index (χ1v) is 5.07. The highest BCUT2D eigenvalue weighted by molar-refractivity contribution is 5.66. The van der Waals surface area contributed by atoms with Crippen LogP contribution in [0.1, 0.15) is 53.4 Å². The summed E-state index contributed by atoms with van der Waals surface area (Å²) in [5.74, 6) is -0.155. The largest absolute Gasteiger partial charge is 0.459 e. The third-order valence-electron chi connectivity index (χ3n) is 3.51. The molecule has 2 heteroatoms. The average molecular weight is 184 g/mol. The van der Waals surface area contributed by atoms with Gasteiger partial charge in [-0.2, -0.15) is 0 Å². The Hall–Kier alpha value is -0.530. The van der Waals surface area contributed by atoms with Crippen molar-refractivity contribution in [2.75, 3.05) is 0 Å². The smallest absolute Gasteiger partial charge is 0.303 e. The molecule has 1 unspecified atom stereocenters. The molecule has 2 nitrogen and oxygen atoms in total. The normalized spacial score (nSPS) is 32.6. The fourth-order valence-corrected chi connectivity index (χ4v) is 2.14. The molecule has 0 amide bonds. The Kier molecular flexibility index (Phi) is 2.69. The molecule has 1 saturated carbocycles. The number of esters is 1. The van der Waals surface area contributed by atoms with Crippen LogP contribution in [0.3, 0.4) is 0 Å². The standard InChI is InChI=1S/C11H20O2/c1-9(12)13-11(4)8-6-5-7-10(11,2)3/h5-8H2,1-4H3. The van der Waals surface area contributed by atoms with E-state index in [0.717, 1.165) is 12.8 Å². The van der Waals surface area contributed by atoms with E-state index in [1.807, 2.05) is 0 Å². The van der Waals surface area contributed by atoms with Crippen LogP contribution < -0.4 is 0 Å². The summed E-state index contributed by atoms with van der Waals surface area (Å²) in [6, 6.07) is 0. The Bertz CT molecular complexity index is 208. The molecular formula is C11H20O2. The van der Waals surface area contributed by atoms with Crippen molar-refractivity contribution in [3.8, 4) is 0 Å². The second kappa shape index (κ2) is 3.32. The van der Waals surface area contributed by atoms with Gasteiger partial charge >= 0.3 is 5.97 Å². The summed E-state index contributed by atoms with van der Waals surface area (Å²) in [6.07, 6.45) is 4.58. The number of carbonyl (C=O) groups excluding carboxylic acids is 1. The Morgan fingerprint density at radius 1 is 1.15 bits per heavy atom. The van der Waals surface area contributed by atoms with Gasteiger partial charge in [0, 0.05) is 12.3 Å².